The second-order valence-electron chi connectivity index (χ2n) is 4.28. The number of nitrogens with two attached hydrogens (primary N) is 1. The van der Waals surface area contributed by atoms with Gasteiger partial charge < -0.3 is 11.1 Å². The molecule has 5 nitrogen and oxygen atoms in total. The lowest BCUT2D eigenvalue weighted by Crippen LogP contribution is -2.14. The number of rotatable bonds is 3. The number of hydrogen-bond acceptors (Lipinski definition) is 3. The van der Waals surface area contributed by atoms with Gasteiger partial charge in [-0.15, -0.1) is 0 Å². The van der Waals surface area contributed by atoms with Gasteiger partial charge in [-0.05, 0) is 41.1 Å². The van der Waals surface area contributed by atoms with Gasteiger partial charge in [-0.3, -0.25) is 9.48 Å². The minimum absolute atomic E-state index is 0.209. The summed E-state index contributed by atoms with van der Waals surface area (Å²) >= 11 is 8.30. The molecule has 0 saturated heterocycles. The van der Waals surface area contributed by atoms with Crippen molar-refractivity contribution in [3.8, 4) is 0 Å². The SMILES string of the molecule is Cc1c(C(=O)Nc2ccc(C(N)=S)cc2Br)cnn1C. The highest BCUT2D eigenvalue weighted by atomic mass is 79.9. The molecule has 1 aromatic heterocycles. The van der Waals surface area contributed by atoms with Crippen molar-refractivity contribution >= 4 is 44.7 Å². The Kier molecular flexibility index (Phi) is 4.20. The summed E-state index contributed by atoms with van der Waals surface area (Å²) in [7, 11) is 1.79. The molecule has 2 aromatic rings. The van der Waals surface area contributed by atoms with Crippen molar-refractivity contribution in [1.29, 1.82) is 0 Å². The molecule has 7 heteroatoms. The van der Waals surface area contributed by atoms with Crippen molar-refractivity contribution in [1.82, 2.24) is 9.78 Å². The number of anilines is 1. The molecule has 0 spiro atoms. The van der Waals surface area contributed by atoms with E-state index in [1.54, 1.807) is 36.1 Å². The lowest BCUT2D eigenvalue weighted by atomic mass is 10.2. The van der Waals surface area contributed by atoms with Crippen LogP contribution < -0.4 is 11.1 Å². The predicted octanol–water partition coefficient (Wildman–Crippen LogP) is 2.38. The van der Waals surface area contributed by atoms with Gasteiger partial charge in [-0.25, -0.2) is 0 Å². The van der Waals surface area contributed by atoms with E-state index >= 15 is 0 Å². The molecule has 0 fully saturated rings. The molecule has 3 N–H and O–H groups in total. The molecule has 0 aliphatic carbocycles. The van der Waals surface area contributed by atoms with Crippen molar-refractivity contribution in [2.24, 2.45) is 12.8 Å². The number of benzene rings is 1. The standard InChI is InChI=1S/C13H13BrN4OS/c1-7-9(6-16-18(7)2)13(19)17-11-4-3-8(12(15)20)5-10(11)14/h3-6H,1-2H3,(H2,15,20)(H,17,19). The van der Waals surface area contributed by atoms with Crippen LogP contribution in [0.4, 0.5) is 5.69 Å². The molecular formula is C13H13BrN4OS. The first-order valence-electron chi connectivity index (χ1n) is 5.79. The fourth-order valence-corrected chi connectivity index (χ4v) is 2.29. The molecule has 20 heavy (non-hydrogen) atoms. The Bertz CT molecular complexity index is 696. The van der Waals surface area contributed by atoms with Gasteiger partial charge >= 0.3 is 0 Å². The van der Waals surface area contributed by atoms with Crippen LogP contribution in [0.15, 0.2) is 28.9 Å². The molecule has 1 heterocycles. The molecule has 1 aromatic carbocycles. The summed E-state index contributed by atoms with van der Waals surface area (Å²) in [6.07, 6.45) is 1.54. The largest absolute Gasteiger partial charge is 0.389 e. The summed E-state index contributed by atoms with van der Waals surface area (Å²) in [5, 5.41) is 6.87. The van der Waals surface area contributed by atoms with Gasteiger partial charge in [0.2, 0.25) is 0 Å². The molecule has 0 atom stereocenters. The zero-order valence-electron chi connectivity index (χ0n) is 11.0. The molecular weight excluding hydrogens is 340 g/mol. The number of aryl methyl sites for hydroxylation is 1. The molecule has 0 radical (unpaired) electrons. The minimum Gasteiger partial charge on any atom is -0.389 e. The Balaban J connectivity index is 2.24. The van der Waals surface area contributed by atoms with Crippen LogP contribution in [0.5, 0.6) is 0 Å². The molecule has 1 amide bonds. The number of carbonyl (C=O) groups is 1. The van der Waals surface area contributed by atoms with E-state index < -0.39 is 0 Å². The van der Waals surface area contributed by atoms with Crippen LogP contribution in [-0.4, -0.2) is 20.7 Å². The molecule has 104 valence electrons. The molecule has 0 unspecified atom stereocenters. The van der Waals surface area contributed by atoms with Crippen molar-refractivity contribution in [3.05, 3.63) is 45.7 Å². The number of carbonyl (C=O) groups excluding carboxylic acids is 1. The van der Waals surface area contributed by atoms with E-state index in [1.807, 2.05) is 6.92 Å². The Hall–Kier alpha value is -1.73. The lowest BCUT2D eigenvalue weighted by molar-refractivity contribution is 0.102. The van der Waals surface area contributed by atoms with Gasteiger partial charge in [0.05, 0.1) is 17.4 Å². The number of amides is 1. The molecule has 0 aliphatic heterocycles. The summed E-state index contributed by atoms with van der Waals surface area (Å²) in [5.41, 5.74) is 8.29. The highest BCUT2D eigenvalue weighted by molar-refractivity contribution is 9.10. The summed E-state index contributed by atoms with van der Waals surface area (Å²) < 4.78 is 2.37. The number of thiocarbonyl (C=S) groups is 1. The third-order valence-electron chi connectivity index (χ3n) is 2.98. The van der Waals surface area contributed by atoms with Crippen molar-refractivity contribution in [2.75, 3.05) is 5.32 Å². The average molecular weight is 353 g/mol. The van der Waals surface area contributed by atoms with Crippen molar-refractivity contribution in [2.45, 2.75) is 6.92 Å². The van der Waals surface area contributed by atoms with E-state index in [0.717, 1.165) is 15.7 Å². The summed E-state index contributed by atoms with van der Waals surface area (Å²) in [6, 6.07) is 5.29. The average Bonchev–Trinajstić information content (AvgIpc) is 2.72. The van der Waals surface area contributed by atoms with E-state index in [9.17, 15) is 4.79 Å². The number of nitrogens with one attached hydrogen (secondary N) is 1. The van der Waals surface area contributed by atoms with Gasteiger partial charge in [0.1, 0.15) is 4.99 Å². The second kappa shape index (κ2) is 5.72. The number of halogens is 1. The Labute approximate surface area is 130 Å². The van der Waals surface area contributed by atoms with Gasteiger partial charge in [-0.2, -0.15) is 5.10 Å². The fraction of sp³-hybridized carbons (Fsp3) is 0.154. The summed E-state index contributed by atoms with van der Waals surface area (Å²) in [5.74, 6) is -0.209. The minimum atomic E-state index is -0.209. The maximum absolute atomic E-state index is 12.2. The molecule has 0 bridgehead atoms. The first-order valence-corrected chi connectivity index (χ1v) is 6.99. The van der Waals surface area contributed by atoms with Crippen LogP contribution in [0.25, 0.3) is 0 Å². The van der Waals surface area contributed by atoms with Gasteiger partial charge in [0.25, 0.3) is 5.91 Å². The maximum atomic E-state index is 12.2. The fourth-order valence-electron chi connectivity index (χ4n) is 1.68. The van der Waals surface area contributed by atoms with Crippen molar-refractivity contribution < 1.29 is 4.79 Å². The monoisotopic (exact) mass is 352 g/mol. The second-order valence-corrected chi connectivity index (χ2v) is 5.57. The van der Waals surface area contributed by atoms with E-state index in [2.05, 4.69) is 26.3 Å². The maximum Gasteiger partial charge on any atom is 0.259 e. The zero-order valence-corrected chi connectivity index (χ0v) is 13.4. The predicted molar refractivity (Wildman–Crippen MR) is 85.9 cm³/mol. The summed E-state index contributed by atoms with van der Waals surface area (Å²) in [6.45, 7) is 1.84. The summed E-state index contributed by atoms with van der Waals surface area (Å²) in [4.78, 5) is 12.5. The van der Waals surface area contributed by atoms with E-state index in [4.69, 9.17) is 18.0 Å². The van der Waals surface area contributed by atoms with Crippen LogP contribution in [0.2, 0.25) is 0 Å². The number of nitrogens with zero attached hydrogens (tertiary/aromatic N) is 2. The van der Waals surface area contributed by atoms with Crippen LogP contribution >= 0.6 is 28.1 Å². The molecule has 2 rings (SSSR count). The Morgan fingerprint density at radius 2 is 2.20 bits per heavy atom. The van der Waals surface area contributed by atoms with Gasteiger partial charge in [-0.1, -0.05) is 12.2 Å². The Morgan fingerprint density at radius 1 is 1.50 bits per heavy atom. The van der Waals surface area contributed by atoms with Gasteiger partial charge in [0.15, 0.2) is 0 Å². The molecule has 0 saturated carbocycles. The molecule has 0 aliphatic rings. The zero-order chi connectivity index (χ0) is 14.9. The number of aromatic nitrogens is 2. The normalized spacial score (nSPS) is 10.3. The van der Waals surface area contributed by atoms with E-state index in [0.29, 0.717) is 16.2 Å². The van der Waals surface area contributed by atoms with Crippen molar-refractivity contribution in [3.63, 3.8) is 0 Å². The highest BCUT2D eigenvalue weighted by Crippen LogP contribution is 2.24. The van der Waals surface area contributed by atoms with Crippen LogP contribution in [0, 0.1) is 6.92 Å². The van der Waals surface area contributed by atoms with Gasteiger partial charge in [0, 0.05) is 22.8 Å². The Morgan fingerprint density at radius 3 is 2.70 bits per heavy atom. The van der Waals surface area contributed by atoms with Crippen LogP contribution in [-0.2, 0) is 7.05 Å². The highest BCUT2D eigenvalue weighted by Gasteiger charge is 2.14. The third-order valence-corrected chi connectivity index (χ3v) is 3.87. The topological polar surface area (TPSA) is 72.9 Å². The first kappa shape index (κ1) is 14.7. The number of hydrogen-bond donors (Lipinski definition) is 2. The quantitative estimate of drug-likeness (QED) is 0.831. The van der Waals surface area contributed by atoms with E-state index in [-0.39, 0.29) is 5.91 Å². The van der Waals surface area contributed by atoms with E-state index in [1.165, 1.54) is 0 Å². The first-order chi connectivity index (χ1) is 9.40. The smallest absolute Gasteiger partial charge is 0.259 e. The lowest BCUT2D eigenvalue weighted by Gasteiger charge is -2.08. The van der Waals surface area contributed by atoms with Crippen LogP contribution in [0.1, 0.15) is 21.6 Å². The third kappa shape index (κ3) is 2.88. The van der Waals surface area contributed by atoms with Crippen LogP contribution in [0.3, 0.4) is 0 Å².